The number of nitro benzene ring substituents is 1. The van der Waals surface area contributed by atoms with Crippen molar-refractivity contribution in [3.05, 3.63) is 133 Å². The van der Waals surface area contributed by atoms with Gasteiger partial charge in [-0.05, 0) is 53.8 Å². The highest BCUT2D eigenvalue weighted by Gasteiger charge is 2.51. The van der Waals surface area contributed by atoms with Crippen molar-refractivity contribution in [2.45, 2.75) is 33.9 Å². The van der Waals surface area contributed by atoms with Crippen molar-refractivity contribution in [1.29, 1.82) is 0 Å². The molecule has 1 aliphatic heterocycles. The van der Waals surface area contributed by atoms with Crippen molar-refractivity contribution in [1.82, 2.24) is 0 Å². The summed E-state index contributed by atoms with van der Waals surface area (Å²) < 4.78 is 0.974. The van der Waals surface area contributed by atoms with Gasteiger partial charge in [-0.1, -0.05) is 82.1 Å². The first-order valence-corrected chi connectivity index (χ1v) is 15.3. The van der Waals surface area contributed by atoms with Crippen LogP contribution in [0, 0.1) is 16.0 Å². The van der Waals surface area contributed by atoms with E-state index in [4.69, 9.17) is 23.2 Å². The number of para-hydroxylation sites is 1. The first kappa shape index (κ1) is 27.3. The molecule has 9 heteroatoms. The average molecular weight is 654 g/mol. The van der Waals surface area contributed by atoms with Gasteiger partial charge in [0.25, 0.3) is 5.69 Å². The lowest BCUT2D eigenvalue weighted by Crippen LogP contribution is -2.32. The fraction of sp³-hybridized carbons (Fsp3) is 0.194. The molecule has 6 rings (SSSR count). The summed E-state index contributed by atoms with van der Waals surface area (Å²) in [6.07, 6.45) is 0.733. The maximum atomic E-state index is 13.7. The van der Waals surface area contributed by atoms with Crippen LogP contribution >= 0.6 is 50.9 Å². The van der Waals surface area contributed by atoms with Crippen molar-refractivity contribution in [3.63, 3.8) is 0 Å². The molecule has 0 amide bonds. The predicted molar refractivity (Wildman–Crippen MR) is 165 cm³/mol. The summed E-state index contributed by atoms with van der Waals surface area (Å²) in [7, 11) is 0. The molecule has 1 saturated carbocycles. The van der Waals surface area contributed by atoms with Gasteiger partial charge >= 0.3 is 0 Å². The third kappa shape index (κ3) is 5.05. The molecule has 4 aromatic carbocycles. The minimum atomic E-state index is -0.351. The molecule has 5 nitrogen and oxygen atoms in total. The van der Waals surface area contributed by atoms with E-state index in [1.165, 1.54) is 17.8 Å². The Hall–Kier alpha value is -2.84. The molecule has 0 radical (unpaired) electrons. The predicted octanol–water partition coefficient (Wildman–Crippen LogP) is 9.28. The van der Waals surface area contributed by atoms with E-state index in [2.05, 4.69) is 33.4 Å². The van der Waals surface area contributed by atoms with Crippen molar-refractivity contribution in [3.8, 4) is 0 Å². The van der Waals surface area contributed by atoms with Gasteiger partial charge < -0.3 is 5.32 Å². The number of carbonyl (C=O) groups is 1. The van der Waals surface area contributed by atoms with Crippen LogP contribution in [0.2, 0.25) is 5.02 Å². The van der Waals surface area contributed by atoms with Crippen molar-refractivity contribution < 1.29 is 9.72 Å². The molecule has 1 fully saturated rings. The van der Waals surface area contributed by atoms with E-state index in [0.29, 0.717) is 21.0 Å². The number of benzene rings is 4. The van der Waals surface area contributed by atoms with Gasteiger partial charge in [-0.3, -0.25) is 14.9 Å². The van der Waals surface area contributed by atoms with E-state index in [9.17, 15) is 14.9 Å². The van der Waals surface area contributed by atoms with Crippen LogP contribution in [0.3, 0.4) is 0 Å². The first-order valence-electron chi connectivity index (χ1n) is 12.8. The molecule has 4 aromatic rings. The van der Waals surface area contributed by atoms with Crippen LogP contribution in [0.4, 0.5) is 11.4 Å². The highest BCUT2D eigenvalue weighted by molar-refractivity contribution is 9.10. The van der Waals surface area contributed by atoms with Crippen LogP contribution < -0.4 is 5.32 Å². The molecule has 0 saturated heterocycles. The maximum Gasteiger partial charge on any atom is 0.282 e. The lowest BCUT2D eigenvalue weighted by atomic mass is 9.76. The first-order chi connectivity index (χ1) is 19.3. The van der Waals surface area contributed by atoms with E-state index >= 15 is 0 Å². The third-order valence-corrected chi connectivity index (χ3v) is 10.6. The largest absolute Gasteiger partial charge is 0.377 e. The number of nitrogens with one attached hydrogen (secondary N) is 1. The molecule has 1 aliphatic carbocycles. The average Bonchev–Trinajstić information content (AvgIpc) is 3.29. The minimum Gasteiger partial charge on any atom is -0.377 e. The number of ketones is 1. The Labute approximate surface area is 254 Å². The van der Waals surface area contributed by atoms with Gasteiger partial charge in [0.2, 0.25) is 0 Å². The molecule has 0 spiro atoms. The van der Waals surface area contributed by atoms with Gasteiger partial charge in [0.05, 0.1) is 21.2 Å². The second kappa shape index (κ2) is 11.2. The van der Waals surface area contributed by atoms with Gasteiger partial charge in [0.15, 0.2) is 5.78 Å². The van der Waals surface area contributed by atoms with Gasteiger partial charge in [-0.15, -0.1) is 23.4 Å². The summed E-state index contributed by atoms with van der Waals surface area (Å²) in [5.74, 6) is -0.155. The van der Waals surface area contributed by atoms with Crippen LogP contribution in [0.15, 0.2) is 100 Å². The molecule has 2 aliphatic rings. The Kier molecular flexibility index (Phi) is 7.66. The number of nitro groups is 1. The van der Waals surface area contributed by atoms with Crippen molar-refractivity contribution in [2.24, 2.45) is 5.92 Å². The third-order valence-electron chi connectivity index (χ3n) is 7.73. The molecule has 1 heterocycles. The lowest BCUT2D eigenvalue weighted by Gasteiger charge is -2.39. The number of rotatable bonds is 6. The van der Waals surface area contributed by atoms with Crippen LogP contribution in [-0.2, 0) is 0 Å². The topological polar surface area (TPSA) is 72.2 Å². The number of anilines is 1. The molecule has 5 atom stereocenters. The summed E-state index contributed by atoms with van der Waals surface area (Å²) in [5, 5.41) is 15.5. The van der Waals surface area contributed by atoms with E-state index in [1.807, 2.05) is 42.5 Å². The quantitative estimate of drug-likeness (QED) is 0.0972. The number of carbonyl (C=O) groups excluding carboxylic acids is 1. The van der Waals surface area contributed by atoms with Crippen LogP contribution in [0.5, 0.6) is 0 Å². The smallest absolute Gasteiger partial charge is 0.282 e. The fourth-order valence-corrected chi connectivity index (χ4v) is 8.42. The van der Waals surface area contributed by atoms with Gasteiger partial charge in [0.1, 0.15) is 0 Å². The SMILES string of the molecule is O=C(c1ccccc1)c1cc(Cl)cc2c1NC(c1ccc(Br)cc1)C1CC(Sc3ccccc3[N+](=O)[O-])C(Cl)C21. The zero-order chi connectivity index (χ0) is 28.0. The summed E-state index contributed by atoms with van der Waals surface area (Å²) >= 11 is 18.9. The number of halogens is 3. The van der Waals surface area contributed by atoms with Crippen molar-refractivity contribution >= 4 is 68.1 Å². The lowest BCUT2D eigenvalue weighted by molar-refractivity contribution is -0.387. The molecule has 0 bridgehead atoms. The highest BCUT2D eigenvalue weighted by atomic mass is 79.9. The van der Waals surface area contributed by atoms with E-state index in [0.717, 1.165) is 27.7 Å². The second-order valence-electron chi connectivity index (χ2n) is 10.0. The van der Waals surface area contributed by atoms with Crippen molar-refractivity contribution in [2.75, 3.05) is 5.32 Å². The minimum absolute atomic E-state index is 0.0769. The normalized spacial score (nSPS) is 23.1. The number of hydrogen-bond acceptors (Lipinski definition) is 5. The molecular formula is C31H23BrCl2N2O3S. The molecular weight excluding hydrogens is 631 g/mol. The van der Waals surface area contributed by atoms with E-state index in [-0.39, 0.29) is 44.9 Å². The molecule has 0 aromatic heterocycles. The molecule has 40 heavy (non-hydrogen) atoms. The number of thioether (sulfide) groups is 1. The molecule has 5 unspecified atom stereocenters. The Morgan fingerprint density at radius 2 is 1.70 bits per heavy atom. The Morgan fingerprint density at radius 1 is 1.00 bits per heavy atom. The molecule has 202 valence electrons. The van der Waals surface area contributed by atoms with Gasteiger partial charge in [0, 0.05) is 43.5 Å². The Bertz CT molecular complexity index is 1600. The van der Waals surface area contributed by atoms with Gasteiger partial charge in [-0.2, -0.15) is 0 Å². The standard InChI is InChI=1S/C31H23BrCl2N2O3S/c32-19-12-10-17(11-13-19)29-22-16-26(40-25-9-5-4-8-24(25)36(38)39)28(34)27(22)21-14-20(33)15-23(30(21)35-29)31(37)18-6-2-1-3-7-18/h1-15,22,26-29,35H,16H2. The second-order valence-corrected chi connectivity index (χ2v) is 13.2. The van der Waals surface area contributed by atoms with Crippen LogP contribution in [0.1, 0.15) is 45.4 Å². The van der Waals surface area contributed by atoms with E-state index in [1.54, 1.807) is 30.3 Å². The monoisotopic (exact) mass is 652 g/mol. The summed E-state index contributed by atoms with van der Waals surface area (Å²) in [6, 6.07) is 27.6. The highest BCUT2D eigenvalue weighted by Crippen LogP contribution is 2.59. The zero-order valence-corrected chi connectivity index (χ0v) is 24.9. The number of fused-ring (bicyclic) bond motifs is 3. The maximum absolute atomic E-state index is 13.7. The Balaban J connectivity index is 1.46. The fourth-order valence-electron chi connectivity index (χ4n) is 5.98. The summed E-state index contributed by atoms with van der Waals surface area (Å²) in [5.41, 5.74) is 3.90. The Morgan fingerprint density at radius 3 is 2.42 bits per heavy atom. The number of nitrogens with zero attached hydrogens (tertiary/aromatic N) is 1. The van der Waals surface area contributed by atoms with Crippen LogP contribution in [-0.4, -0.2) is 21.3 Å². The summed E-state index contributed by atoms with van der Waals surface area (Å²) in [4.78, 5) is 25.7. The number of alkyl halides is 1. The number of hydrogen-bond donors (Lipinski definition) is 1. The summed E-state index contributed by atoms with van der Waals surface area (Å²) in [6.45, 7) is 0. The zero-order valence-electron chi connectivity index (χ0n) is 21.0. The van der Waals surface area contributed by atoms with E-state index < -0.39 is 0 Å². The van der Waals surface area contributed by atoms with Crippen LogP contribution in [0.25, 0.3) is 0 Å². The molecule has 1 N–H and O–H groups in total. The van der Waals surface area contributed by atoms with Gasteiger partial charge in [-0.25, -0.2) is 0 Å².